The van der Waals surface area contributed by atoms with Gasteiger partial charge in [-0.1, -0.05) is 18.2 Å². The van der Waals surface area contributed by atoms with Crippen molar-refractivity contribution in [2.45, 2.75) is 13.0 Å². The SMILES string of the molecule is COCCNCC(=O)N(C)C(C)c1ccccc1F. The lowest BCUT2D eigenvalue weighted by molar-refractivity contribution is -0.130. The van der Waals surface area contributed by atoms with E-state index in [4.69, 9.17) is 4.74 Å². The van der Waals surface area contributed by atoms with Gasteiger partial charge in [0.05, 0.1) is 19.2 Å². The molecule has 0 saturated heterocycles. The molecule has 4 nitrogen and oxygen atoms in total. The van der Waals surface area contributed by atoms with Crippen LogP contribution in [0.15, 0.2) is 24.3 Å². The molecule has 19 heavy (non-hydrogen) atoms. The standard InChI is InChI=1S/C14H21FN2O2/c1-11(12-6-4-5-7-13(12)15)17(2)14(18)10-16-8-9-19-3/h4-7,11,16H,8-10H2,1-3H3. The Hall–Kier alpha value is -1.46. The second-order valence-electron chi connectivity index (χ2n) is 4.37. The fourth-order valence-corrected chi connectivity index (χ4v) is 1.73. The van der Waals surface area contributed by atoms with Gasteiger partial charge in [0.25, 0.3) is 0 Å². The Morgan fingerprint density at radius 3 is 2.79 bits per heavy atom. The fourth-order valence-electron chi connectivity index (χ4n) is 1.73. The maximum absolute atomic E-state index is 13.6. The van der Waals surface area contributed by atoms with E-state index < -0.39 is 0 Å². The molecule has 1 rings (SSSR count). The maximum Gasteiger partial charge on any atom is 0.236 e. The number of benzene rings is 1. The molecule has 1 atom stereocenters. The molecule has 1 N–H and O–H groups in total. The maximum atomic E-state index is 13.6. The Balaban J connectivity index is 2.54. The first-order valence-electron chi connectivity index (χ1n) is 6.27. The van der Waals surface area contributed by atoms with Gasteiger partial charge in [0.1, 0.15) is 5.82 Å². The van der Waals surface area contributed by atoms with Crippen molar-refractivity contribution in [2.75, 3.05) is 33.9 Å². The van der Waals surface area contributed by atoms with Gasteiger partial charge in [-0.15, -0.1) is 0 Å². The zero-order valence-electron chi connectivity index (χ0n) is 11.6. The largest absolute Gasteiger partial charge is 0.383 e. The summed E-state index contributed by atoms with van der Waals surface area (Å²) in [7, 11) is 3.29. The number of amides is 1. The molecule has 5 heteroatoms. The molecule has 0 spiro atoms. The van der Waals surface area contributed by atoms with Crippen LogP contribution in [-0.4, -0.2) is 44.7 Å². The van der Waals surface area contributed by atoms with Crippen molar-refractivity contribution >= 4 is 5.91 Å². The molecule has 1 unspecified atom stereocenters. The van der Waals surface area contributed by atoms with Crippen LogP contribution in [0.4, 0.5) is 4.39 Å². The predicted octanol–water partition coefficient (Wildman–Crippen LogP) is 1.58. The molecule has 0 aliphatic carbocycles. The van der Waals surface area contributed by atoms with E-state index in [0.29, 0.717) is 18.7 Å². The highest BCUT2D eigenvalue weighted by atomic mass is 19.1. The summed E-state index contributed by atoms with van der Waals surface area (Å²) in [6, 6.07) is 6.21. The van der Waals surface area contributed by atoms with Crippen molar-refractivity contribution in [3.8, 4) is 0 Å². The molecule has 0 aliphatic rings. The molecule has 106 valence electrons. The number of nitrogens with one attached hydrogen (secondary N) is 1. The van der Waals surface area contributed by atoms with E-state index in [9.17, 15) is 9.18 Å². The van der Waals surface area contributed by atoms with Crippen LogP contribution in [0.3, 0.4) is 0 Å². The van der Waals surface area contributed by atoms with E-state index in [1.807, 2.05) is 6.92 Å². The van der Waals surface area contributed by atoms with Gasteiger partial charge in [-0.2, -0.15) is 0 Å². The van der Waals surface area contributed by atoms with Gasteiger partial charge < -0.3 is 15.0 Å². The van der Waals surface area contributed by atoms with Gasteiger partial charge in [-0.25, -0.2) is 4.39 Å². The number of methoxy groups -OCH3 is 1. The van der Waals surface area contributed by atoms with Gasteiger partial charge >= 0.3 is 0 Å². The Kier molecular flexibility index (Phi) is 6.45. The van der Waals surface area contributed by atoms with Crippen LogP contribution in [0.1, 0.15) is 18.5 Å². The Labute approximate surface area is 113 Å². The second-order valence-corrected chi connectivity index (χ2v) is 4.37. The highest BCUT2D eigenvalue weighted by Crippen LogP contribution is 2.21. The minimum atomic E-state index is -0.294. The van der Waals surface area contributed by atoms with Crippen molar-refractivity contribution in [1.29, 1.82) is 0 Å². The summed E-state index contributed by atoms with van der Waals surface area (Å²) in [4.78, 5) is 13.5. The molecule has 0 heterocycles. The normalized spacial score (nSPS) is 12.2. The zero-order chi connectivity index (χ0) is 14.3. The highest BCUT2D eigenvalue weighted by Gasteiger charge is 2.19. The first kappa shape index (κ1) is 15.6. The van der Waals surface area contributed by atoms with Crippen molar-refractivity contribution < 1.29 is 13.9 Å². The number of halogens is 1. The van der Waals surface area contributed by atoms with Crippen LogP contribution >= 0.6 is 0 Å². The van der Waals surface area contributed by atoms with Crippen molar-refractivity contribution in [3.63, 3.8) is 0 Å². The van der Waals surface area contributed by atoms with Crippen LogP contribution in [0.5, 0.6) is 0 Å². The average molecular weight is 268 g/mol. The molecule has 0 saturated carbocycles. The lowest BCUT2D eigenvalue weighted by atomic mass is 10.1. The monoisotopic (exact) mass is 268 g/mol. The van der Waals surface area contributed by atoms with Crippen LogP contribution < -0.4 is 5.32 Å². The summed E-state index contributed by atoms with van der Waals surface area (Å²) >= 11 is 0. The number of hydrogen-bond acceptors (Lipinski definition) is 3. The van der Waals surface area contributed by atoms with Gasteiger partial charge in [0.15, 0.2) is 0 Å². The van der Waals surface area contributed by atoms with Gasteiger partial charge in [0.2, 0.25) is 5.91 Å². The van der Waals surface area contributed by atoms with Crippen molar-refractivity contribution in [1.82, 2.24) is 10.2 Å². The summed E-state index contributed by atoms with van der Waals surface area (Å²) < 4.78 is 18.5. The minimum Gasteiger partial charge on any atom is -0.383 e. The molecular weight excluding hydrogens is 247 g/mol. The first-order chi connectivity index (χ1) is 9.07. The second kappa shape index (κ2) is 7.86. The Morgan fingerprint density at radius 2 is 2.16 bits per heavy atom. The number of ether oxygens (including phenoxy) is 1. The van der Waals surface area contributed by atoms with E-state index >= 15 is 0 Å². The van der Waals surface area contributed by atoms with E-state index in [2.05, 4.69) is 5.32 Å². The summed E-state index contributed by atoms with van der Waals surface area (Å²) in [6.45, 7) is 3.20. The smallest absolute Gasteiger partial charge is 0.236 e. The number of carbonyl (C=O) groups is 1. The molecule has 0 radical (unpaired) electrons. The Bertz CT molecular complexity index is 412. The van der Waals surface area contributed by atoms with Crippen LogP contribution in [0.25, 0.3) is 0 Å². The number of nitrogens with zero attached hydrogens (tertiary/aromatic N) is 1. The first-order valence-corrected chi connectivity index (χ1v) is 6.27. The Morgan fingerprint density at radius 1 is 1.47 bits per heavy atom. The van der Waals surface area contributed by atoms with E-state index in [1.165, 1.54) is 11.0 Å². The van der Waals surface area contributed by atoms with Crippen molar-refractivity contribution in [3.05, 3.63) is 35.6 Å². The summed E-state index contributed by atoms with van der Waals surface area (Å²) in [5.41, 5.74) is 0.523. The third-order valence-electron chi connectivity index (χ3n) is 3.09. The van der Waals surface area contributed by atoms with Gasteiger partial charge in [-0.05, 0) is 13.0 Å². The van der Waals surface area contributed by atoms with Crippen LogP contribution in [0.2, 0.25) is 0 Å². The van der Waals surface area contributed by atoms with Crippen molar-refractivity contribution in [2.24, 2.45) is 0 Å². The molecule has 0 fully saturated rings. The van der Waals surface area contributed by atoms with E-state index in [0.717, 1.165) is 0 Å². The fraction of sp³-hybridized carbons (Fsp3) is 0.500. The lowest BCUT2D eigenvalue weighted by Gasteiger charge is -2.25. The third-order valence-corrected chi connectivity index (χ3v) is 3.09. The van der Waals surface area contributed by atoms with Gasteiger partial charge in [0, 0.05) is 26.3 Å². The molecule has 0 bridgehead atoms. The molecular formula is C14H21FN2O2. The molecule has 1 aromatic carbocycles. The summed E-state index contributed by atoms with van der Waals surface area (Å²) in [5.74, 6) is -0.367. The van der Waals surface area contributed by atoms with E-state index in [1.54, 1.807) is 32.4 Å². The average Bonchev–Trinajstić information content (AvgIpc) is 2.42. The number of hydrogen-bond donors (Lipinski definition) is 1. The molecule has 0 aliphatic heterocycles. The highest BCUT2D eigenvalue weighted by molar-refractivity contribution is 5.78. The minimum absolute atomic E-state index is 0.0770. The van der Waals surface area contributed by atoms with Crippen LogP contribution in [0, 0.1) is 5.82 Å². The van der Waals surface area contributed by atoms with Gasteiger partial charge in [-0.3, -0.25) is 4.79 Å². The quantitative estimate of drug-likeness (QED) is 0.763. The number of carbonyl (C=O) groups excluding carboxylic acids is 1. The molecule has 1 amide bonds. The summed E-state index contributed by atoms with van der Waals surface area (Å²) in [6.07, 6.45) is 0. The predicted molar refractivity (Wildman–Crippen MR) is 72.3 cm³/mol. The topological polar surface area (TPSA) is 41.6 Å². The third kappa shape index (κ3) is 4.61. The number of likely N-dealkylation sites (N-methyl/N-ethyl adjacent to an activating group) is 1. The van der Waals surface area contributed by atoms with Crippen LogP contribution in [-0.2, 0) is 9.53 Å². The zero-order valence-corrected chi connectivity index (χ0v) is 11.6. The lowest BCUT2D eigenvalue weighted by Crippen LogP contribution is -2.38. The number of rotatable bonds is 7. The molecule has 0 aromatic heterocycles. The molecule has 1 aromatic rings. The summed E-state index contributed by atoms with van der Waals surface area (Å²) in [5, 5.41) is 2.98. The van der Waals surface area contributed by atoms with E-state index in [-0.39, 0.29) is 24.3 Å².